The molecule has 1 N–H and O–H groups in total. The molecule has 4 rings (SSSR count). The number of carbonyl (C=O) groups is 1. The SMILES string of the molecule is CO[C@@H]1[C@@H](NC(C)=O)[C@H](OCc2ccccc2)O[C@@H]2COC(c3ccccc3)O[C@@H]12. The second kappa shape index (κ2) is 9.68. The van der Waals surface area contributed by atoms with Crippen LogP contribution < -0.4 is 5.32 Å². The first-order chi connectivity index (χ1) is 14.7. The summed E-state index contributed by atoms with van der Waals surface area (Å²) in [4.78, 5) is 11.9. The van der Waals surface area contributed by atoms with E-state index in [1.807, 2.05) is 60.7 Å². The highest BCUT2D eigenvalue weighted by Crippen LogP contribution is 2.35. The summed E-state index contributed by atoms with van der Waals surface area (Å²) in [7, 11) is 1.60. The molecular formula is C23H27NO6. The number of nitrogens with one attached hydrogen (secondary N) is 1. The molecule has 1 unspecified atom stereocenters. The average molecular weight is 413 g/mol. The van der Waals surface area contributed by atoms with Crippen LogP contribution in [0.5, 0.6) is 0 Å². The minimum atomic E-state index is -0.694. The lowest BCUT2D eigenvalue weighted by Crippen LogP contribution is -2.67. The van der Waals surface area contributed by atoms with Gasteiger partial charge in [0, 0.05) is 19.6 Å². The van der Waals surface area contributed by atoms with Gasteiger partial charge in [-0.3, -0.25) is 4.79 Å². The van der Waals surface area contributed by atoms with E-state index in [2.05, 4.69) is 5.32 Å². The third-order valence-electron chi connectivity index (χ3n) is 5.31. The number of hydrogen-bond acceptors (Lipinski definition) is 6. The summed E-state index contributed by atoms with van der Waals surface area (Å²) >= 11 is 0. The van der Waals surface area contributed by atoms with Crippen molar-refractivity contribution in [2.45, 2.75) is 50.5 Å². The van der Waals surface area contributed by atoms with Gasteiger partial charge in [-0.1, -0.05) is 60.7 Å². The maximum absolute atomic E-state index is 11.9. The van der Waals surface area contributed by atoms with Crippen LogP contribution in [0.2, 0.25) is 0 Å². The van der Waals surface area contributed by atoms with Gasteiger partial charge in [-0.15, -0.1) is 0 Å². The average Bonchev–Trinajstić information content (AvgIpc) is 2.78. The van der Waals surface area contributed by atoms with E-state index >= 15 is 0 Å². The van der Waals surface area contributed by atoms with Crippen LogP contribution in [0, 0.1) is 0 Å². The third kappa shape index (κ3) is 4.71. The summed E-state index contributed by atoms with van der Waals surface area (Å²) < 4.78 is 30.1. The van der Waals surface area contributed by atoms with Crippen molar-refractivity contribution in [2.75, 3.05) is 13.7 Å². The fourth-order valence-corrected chi connectivity index (χ4v) is 3.91. The number of carbonyl (C=O) groups excluding carboxylic acids is 1. The van der Waals surface area contributed by atoms with E-state index in [1.54, 1.807) is 7.11 Å². The van der Waals surface area contributed by atoms with Crippen LogP contribution in [0.3, 0.4) is 0 Å². The normalized spacial score (nSPS) is 31.0. The van der Waals surface area contributed by atoms with Gasteiger partial charge in [0.1, 0.15) is 24.4 Å². The summed E-state index contributed by atoms with van der Waals surface area (Å²) in [5, 5.41) is 2.92. The zero-order valence-corrected chi connectivity index (χ0v) is 17.1. The lowest BCUT2D eigenvalue weighted by atomic mass is 9.95. The van der Waals surface area contributed by atoms with Gasteiger partial charge in [0.15, 0.2) is 12.6 Å². The molecule has 2 heterocycles. The van der Waals surface area contributed by atoms with E-state index in [1.165, 1.54) is 6.92 Å². The minimum absolute atomic E-state index is 0.191. The summed E-state index contributed by atoms with van der Waals surface area (Å²) in [6, 6.07) is 19.0. The molecule has 6 atom stereocenters. The monoisotopic (exact) mass is 413 g/mol. The van der Waals surface area contributed by atoms with Crippen LogP contribution in [0.4, 0.5) is 0 Å². The Morgan fingerprint density at radius 3 is 2.43 bits per heavy atom. The molecule has 0 saturated carbocycles. The number of fused-ring (bicyclic) bond motifs is 1. The van der Waals surface area contributed by atoms with Crippen LogP contribution in [-0.4, -0.2) is 50.3 Å². The molecule has 0 radical (unpaired) electrons. The molecule has 160 valence electrons. The summed E-state index contributed by atoms with van der Waals surface area (Å²) in [5.41, 5.74) is 1.93. The van der Waals surface area contributed by atoms with Crippen LogP contribution >= 0.6 is 0 Å². The van der Waals surface area contributed by atoms with E-state index in [0.717, 1.165) is 11.1 Å². The zero-order chi connectivity index (χ0) is 20.9. The number of hydrogen-bond donors (Lipinski definition) is 1. The highest BCUT2D eigenvalue weighted by Gasteiger charge is 2.51. The van der Waals surface area contributed by atoms with Crippen molar-refractivity contribution >= 4 is 5.91 Å². The number of benzene rings is 2. The Bertz CT molecular complexity index is 817. The number of amides is 1. The van der Waals surface area contributed by atoms with E-state index in [-0.39, 0.29) is 12.0 Å². The Kier molecular flexibility index (Phi) is 6.76. The van der Waals surface area contributed by atoms with Crippen molar-refractivity contribution in [2.24, 2.45) is 0 Å². The van der Waals surface area contributed by atoms with Crippen molar-refractivity contribution in [1.82, 2.24) is 5.32 Å². The van der Waals surface area contributed by atoms with E-state index < -0.39 is 30.8 Å². The Balaban J connectivity index is 1.51. The van der Waals surface area contributed by atoms with Gasteiger partial charge in [0.05, 0.1) is 13.2 Å². The molecular weight excluding hydrogens is 386 g/mol. The van der Waals surface area contributed by atoms with Crippen LogP contribution in [0.1, 0.15) is 24.3 Å². The Hall–Kier alpha value is -2.29. The Morgan fingerprint density at radius 1 is 1.07 bits per heavy atom. The maximum Gasteiger partial charge on any atom is 0.217 e. The molecule has 0 spiro atoms. The predicted octanol–water partition coefficient (Wildman–Crippen LogP) is 2.56. The smallest absolute Gasteiger partial charge is 0.217 e. The molecule has 30 heavy (non-hydrogen) atoms. The zero-order valence-electron chi connectivity index (χ0n) is 17.1. The van der Waals surface area contributed by atoms with E-state index in [9.17, 15) is 4.79 Å². The van der Waals surface area contributed by atoms with Crippen molar-refractivity contribution < 1.29 is 28.5 Å². The first kappa shape index (κ1) is 21.0. The molecule has 0 aliphatic carbocycles. The maximum atomic E-state index is 11.9. The quantitative estimate of drug-likeness (QED) is 0.785. The molecule has 2 aliphatic rings. The lowest BCUT2D eigenvalue weighted by Gasteiger charge is -2.48. The van der Waals surface area contributed by atoms with Crippen LogP contribution in [-0.2, 0) is 35.1 Å². The van der Waals surface area contributed by atoms with E-state index in [0.29, 0.717) is 13.2 Å². The second-order valence-corrected chi connectivity index (χ2v) is 7.44. The molecule has 2 saturated heterocycles. The van der Waals surface area contributed by atoms with Crippen molar-refractivity contribution in [3.8, 4) is 0 Å². The van der Waals surface area contributed by atoms with Crippen molar-refractivity contribution in [1.29, 1.82) is 0 Å². The predicted molar refractivity (Wildman–Crippen MR) is 108 cm³/mol. The Labute approximate surface area is 176 Å². The lowest BCUT2D eigenvalue weighted by molar-refractivity contribution is -0.347. The summed E-state index contributed by atoms with van der Waals surface area (Å²) in [5.74, 6) is -0.191. The fraction of sp³-hybridized carbons (Fsp3) is 0.435. The van der Waals surface area contributed by atoms with Gasteiger partial charge in [-0.25, -0.2) is 0 Å². The number of methoxy groups -OCH3 is 1. The van der Waals surface area contributed by atoms with Crippen molar-refractivity contribution in [3.05, 3.63) is 71.8 Å². The van der Waals surface area contributed by atoms with E-state index in [4.69, 9.17) is 23.7 Å². The molecule has 2 fully saturated rings. The standard InChI is InChI=1S/C23H27NO6/c1-15(25)24-19-21(26-2)20-18(14-28-22(30-20)17-11-7-4-8-12-17)29-23(19)27-13-16-9-5-3-6-10-16/h3-12,18-23H,13-14H2,1-2H3,(H,24,25)/t18-,19-,20-,21-,22?,23-/m1/s1. The molecule has 2 aliphatic heterocycles. The molecule has 7 heteroatoms. The van der Waals surface area contributed by atoms with Crippen LogP contribution in [0.15, 0.2) is 60.7 Å². The molecule has 1 amide bonds. The Morgan fingerprint density at radius 2 is 1.77 bits per heavy atom. The molecule has 2 aromatic carbocycles. The molecule has 7 nitrogen and oxygen atoms in total. The molecule has 0 aromatic heterocycles. The highest BCUT2D eigenvalue weighted by atomic mass is 16.7. The van der Waals surface area contributed by atoms with Gasteiger partial charge >= 0.3 is 0 Å². The second-order valence-electron chi connectivity index (χ2n) is 7.44. The van der Waals surface area contributed by atoms with Gasteiger partial charge in [0.2, 0.25) is 5.91 Å². The van der Waals surface area contributed by atoms with Crippen LogP contribution in [0.25, 0.3) is 0 Å². The van der Waals surface area contributed by atoms with Crippen molar-refractivity contribution in [3.63, 3.8) is 0 Å². The minimum Gasteiger partial charge on any atom is -0.376 e. The van der Waals surface area contributed by atoms with Gasteiger partial charge in [0.25, 0.3) is 0 Å². The van der Waals surface area contributed by atoms with Gasteiger partial charge in [-0.05, 0) is 5.56 Å². The summed E-state index contributed by atoms with van der Waals surface area (Å²) in [6.45, 7) is 2.15. The fourth-order valence-electron chi connectivity index (χ4n) is 3.91. The first-order valence-electron chi connectivity index (χ1n) is 10.1. The highest BCUT2D eigenvalue weighted by molar-refractivity contribution is 5.73. The first-order valence-corrected chi connectivity index (χ1v) is 10.1. The number of rotatable bonds is 6. The molecule has 0 bridgehead atoms. The van der Waals surface area contributed by atoms with Gasteiger partial charge < -0.3 is 29.0 Å². The van der Waals surface area contributed by atoms with Gasteiger partial charge in [-0.2, -0.15) is 0 Å². The third-order valence-corrected chi connectivity index (χ3v) is 5.31. The number of ether oxygens (including phenoxy) is 5. The summed E-state index contributed by atoms with van der Waals surface area (Å²) in [6.07, 6.45) is -2.46. The molecule has 2 aromatic rings. The topological polar surface area (TPSA) is 75.3 Å². The largest absolute Gasteiger partial charge is 0.376 e.